The summed E-state index contributed by atoms with van der Waals surface area (Å²) in [6.45, 7) is 1.75. The van der Waals surface area contributed by atoms with Crippen molar-refractivity contribution in [3.63, 3.8) is 0 Å². The quantitative estimate of drug-likeness (QED) is 0.418. The van der Waals surface area contributed by atoms with E-state index < -0.39 is 15.9 Å². The molecule has 0 atom stereocenters. The summed E-state index contributed by atoms with van der Waals surface area (Å²) in [5, 5.41) is 10.8. The van der Waals surface area contributed by atoms with Crippen molar-refractivity contribution < 1.29 is 17.9 Å². The summed E-state index contributed by atoms with van der Waals surface area (Å²) in [7, 11) is -0.547. The van der Waals surface area contributed by atoms with Gasteiger partial charge < -0.3 is 14.6 Å². The zero-order chi connectivity index (χ0) is 24.3. The molecule has 9 nitrogen and oxygen atoms in total. The van der Waals surface area contributed by atoms with Crippen LogP contribution in [0.15, 0.2) is 78.0 Å². The number of hydrogen-bond donors (Lipinski definition) is 2. The Bertz CT molecular complexity index is 1450. The fourth-order valence-electron chi connectivity index (χ4n) is 3.37. The van der Waals surface area contributed by atoms with E-state index in [1.165, 1.54) is 19.2 Å². The van der Waals surface area contributed by atoms with E-state index in [0.717, 1.165) is 5.56 Å². The van der Waals surface area contributed by atoms with Gasteiger partial charge in [-0.3, -0.25) is 9.52 Å². The van der Waals surface area contributed by atoms with E-state index in [1.807, 2.05) is 13.1 Å². The lowest BCUT2D eigenvalue weighted by Gasteiger charge is -2.12. The molecule has 4 rings (SSSR count). The van der Waals surface area contributed by atoms with E-state index in [4.69, 9.17) is 4.74 Å². The Morgan fingerprint density at radius 3 is 2.44 bits per heavy atom. The minimum atomic E-state index is -3.91. The number of ether oxygens (including phenoxy) is 1. The van der Waals surface area contributed by atoms with Gasteiger partial charge in [-0.2, -0.15) is 0 Å². The van der Waals surface area contributed by atoms with Crippen molar-refractivity contribution in [2.75, 3.05) is 17.1 Å². The van der Waals surface area contributed by atoms with Crippen LogP contribution < -0.4 is 14.8 Å². The van der Waals surface area contributed by atoms with Crippen LogP contribution in [-0.2, 0) is 17.1 Å². The van der Waals surface area contributed by atoms with Crippen molar-refractivity contribution in [1.82, 2.24) is 14.8 Å². The fraction of sp³-hybridized carbons (Fsp3) is 0.125. The van der Waals surface area contributed by atoms with E-state index in [0.29, 0.717) is 28.5 Å². The Morgan fingerprint density at radius 2 is 1.76 bits per heavy atom. The van der Waals surface area contributed by atoms with Crippen molar-refractivity contribution in [2.24, 2.45) is 7.05 Å². The first-order valence-electron chi connectivity index (χ1n) is 10.3. The maximum Gasteiger partial charge on any atom is 0.261 e. The topological polar surface area (TPSA) is 115 Å². The Hall–Kier alpha value is -4.18. The van der Waals surface area contributed by atoms with Gasteiger partial charge in [-0.05, 0) is 61.0 Å². The molecule has 0 bridgehead atoms. The molecule has 0 aliphatic heterocycles. The summed E-state index contributed by atoms with van der Waals surface area (Å²) in [6.07, 6.45) is 1.59. The zero-order valence-corrected chi connectivity index (χ0v) is 19.6. The van der Waals surface area contributed by atoms with Gasteiger partial charge in [0.05, 0.1) is 12.0 Å². The maximum absolute atomic E-state index is 13.0. The highest BCUT2D eigenvalue weighted by Gasteiger charge is 2.19. The van der Waals surface area contributed by atoms with Gasteiger partial charge in [-0.15, -0.1) is 10.2 Å². The highest BCUT2D eigenvalue weighted by molar-refractivity contribution is 7.92. The molecule has 0 fully saturated rings. The number of aromatic nitrogens is 3. The number of methoxy groups -OCH3 is 1. The van der Waals surface area contributed by atoms with Gasteiger partial charge in [0.15, 0.2) is 5.82 Å². The lowest BCUT2D eigenvalue weighted by Crippen LogP contribution is -2.17. The molecule has 2 N–H and O–H groups in total. The SMILES string of the molecule is COc1ccc(NS(=O)(=O)c2ccc(C)c(C(=O)Nc3cccc(-c4nncn4C)c3)c2)cc1. The number of aryl methyl sites for hydroxylation is 2. The Kier molecular flexibility index (Phi) is 6.33. The molecule has 10 heteroatoms. The predicted octanol–water partition coefficient (Wildman–Crippen LogP) is 3.85. The van der Waals surface area contributed by atoms with Crippen LogP contribution in [0.25, 0.3) is 11.4 Å². The molecule has 1 amide bonds. The molecule has 3 aromatic carbocycles. The molecule has 34 heavy (non-hydrogen) atoms. The molecule has 0 unspecified atom stereocenters. The monoisotopic (exact) mass is 477 g/mol. The Balaban J connectivity index is 1.57. The summed E-state index contributed by atoms with van der Waals surface area (Å²) in [5.74, 6) is 0.847. The standard InChI is InChI=1S/C24H23N5O4S/c1-16-7-12-21(34(31,32)28-18-8-10-20(33-3)11-9-18)14-22(16)24(30)26-19-6-4-5-17(13-19)23-27-25-15-29(23)2/h4-15,28H,1-3H3,(H,26,30). The van der Waals surface area contributed by atoms with Crippen LogP contribution in [-0.4, -0.2) is 36.2 Å². The van der Waals surface area contributed by atoms with Gasteiger partial charge >= 0.3 is 0 Å². The van der Waals surface area contributed by atoms with Crippen molar-refractivity contribution >= 4 is 27.3 Å². The number of anilines is 2. The molecule has 0 aliphatic carbocycles. The summed E-state index contributed by atoms with van der Waals surface area (Å²) in [6, 6.07) is 18.1. The van der Waals surface area contributed by atoms with Crippen molar-refractivity contribution in [2.45, 2.75) is 11.8 Å². The first-order valence-corrected chi connectivity index (χ1v) is 11.8. The molecule has 0 saturated carbocycles. The number of benzene rings is 3. The molecule has 0 aliphatic rings. The molecular weight excluding hydrogens is 454 g/mol. The third-order valence-electron chi connectivity index (χ3n) is 5.20. The minimum Gasteiger partial charge on any atom is -0.497 e. The van der Waals surface area contributed by atoms with Gasteiger partial charge in [0.1, 0.15) is 12.1 Å². The lowest BCUT2D eigenvalue weighted by molar-refractivity contribution is 0.102. The molecule has 0 radical (unpaired) electrons. The van der Waals surface area contributed by atoms with Gasteiger partial charge in [0.2, 0.25) is 0 Å². The molecule has 1 aromatic heterocycles. The second-order valence-corrected chi connectivity index (χ2v) is 9.29. The molecule has 174 valence electrons. The van der Waals surface area contributed by atoms with Gasteiger partial charge in [0.25, 0.3) is 15.9 Å². The predicted molar refractivity (Wildman–Crippen MR) is 129 cm³/mol. The van der Waals surface area contributed by atoms with Crippen LogP contribution in [0.2, 0.25) is 0 Å². The molecule has 4 aromatic rings. The number of nitrogens with one attached hydrogen (secondary N) is 2. The van der Waals surface area contributed by atoms with Crippen molar-refractivity contribution in [3.8, 4) is 17.1 Å². The number of carbonyl (C=O) groups excluding carboxylic acids is 1. The average Bonchev–Trinajstić information content (AvgIpc) is 3.25. The average molecular weight is 478 g/mol. The number of nitrogens with zero attached hydrogens (tertiary/aromatic N) is 3. The van der Waals surface area contributed by atoms with E-state index in [9.17, 15) is 13.2 Å². The minimum absolute atomic E-state index is 0.0214. The largest absolute Gasteiger partial charge is 0.497 e. The van der Waals surface area contributed by atoms with E-state index in [2.05, 4.69) is 20.2 Å². The normalized spacial score (nSPS) is 11.1. The van der Waals surface area contributed by atoms with Crippen LogP contribution in [0.3, 0.4) is 0 Å². The third-order valence-corrected chi connectivity index (χ3v) is 6.58. The third kappa shape index (κ3) is 4.91. The smallest absolute Gasteiger partial charge is 0.261 e. The van der Waals surface area contributed by atoms with Gasteiger partial charge in [0, 0.05) is 29.5 Å². The summed E-state index contributed by atoms with van der Waals surface area (Å²) >= 11 is 0. The van der Waals surface area contributed by atoms with Crippen molar-refractivity contribution in [3.05, 3.63) is 84.2 Å². The van der Waals surface area contributed by atoms with E-state index in [-0.39, 0.29) is 10.5 Å². The highest BCUT2D eigenvalue weighted by Crippen LogP contribution is 2.24. The van der Waals surface area contributed by atoms with E-state index >= 15 is 0 Å². The van der Waals surface area contributed by atoms with Gasteiger partial charge in [-0.25, -0.2) is 8.42 Å². The van der Waals surface area contributed by atoms with Crippen LogP contribution in [0.1, 0.15) is 15.9 Å². The molecule has 0 spiro atoms. The van der Waals surface area contributed by atoms with Crippen LogP contribution in [0, 0.1) is 6.92 Å². The van der Waals surface area contributed by atoms with Crippen LogP contribution in [0.4, 0.5) is 11.4 Å². The fourth-order valence-corrected chi connectivity index (χ4v) is 4.45. The number of rotatable bonds is 7. The summed E-state index contributed by atoms with van der Waals surface area (Å²) in [5.41, 5.74) is 2.61. The second-order valence-electron chi connectivity index (χ2n) is 7.61. The maximum atomic E-state index is 13.0. The number of sulfonamides is 1. The van der Waals surface area contributed by atoms with E-state index in [1.54, 1.807) is 66.3 Å². The summed E-state index contributed by atoms with van der Waals surface area (Å²) < 4.78 is 35.2. The Labute approximate surface area is 197 Å². The lowest BCUT2D eigenvalue weighted by atomic mass is 10.1. The molecular formula is C24H23N5O4S. The van der Waals surface area contributed by atoms with Crippen LogP contribution in [0.5, 0.6) is 5.75 Å². The van der Waals surface area contributed by atoms with Crippen LogP contribution >= 0.6 is 0 Å². The van der Waals surface area contributed by atoms with Crippen molar-refractivity contribution in [1.29, 1.82) is 0 Å². The summed E-state index contributed by atoms with van der Waals surface area (Å²) in [4.78, 5) is 13.0. The Morgan fingerprint density at radius 1 is 1.00 bits per heavy atom. The zero-order valence-electron chi connectivity index (χ0n) is 18.8. The first-order chi connectivity index (χ1) is 16.3. The number of hydrogen-bond acceptors (Lipinski definition) is 6. The first kappa shape index (κ1) is 23.0. The highest BCUT2D eigenvalue weighted by atomic mass is 32.2. The second kappa shape index (κ2) is 9.36. The molecule has 0 saturated heterocycles. The number of amides is 1. The number of carbonyl (C=O) groups is 1. The molecule has 1 heterocycles. The van der Waals surface area contributed by atoms with Gasteiger partial charge in [-0.1, -0.05) is 18.2 Å².